The highest BCUT2D eigenvalue weighted by Crippen LogP contribution is 2.26. The van der Waals surface area contributed by atoms with Gasteiger partial charge in [-0.15, -0.1) is 0 Å². The van der Waals surface area contributed by atoms with E-state index in [1.807, 2.05) is 12.1 Å². The first-order valence-electron chi connectivity index (χ1n) is 13.0. The zero-order valence-corrected chi connectivity index (χ0v) is 24.2. The van der Waals surface area contributed by atoms with E-state index in [0.717, 1.165) is 9.87 Å². The Morgan fingerprint density at radius 1 is 0.780 bits per heavy atom. The Kier molecular flexibility index (Phi) is 8.78. The van der Waals surface area contributed by atoms with Crippen molar-refractivity contribution in [1.82, 2.24) is 0 Å². The van der Waals surface area contributed by atoms with Crippen molar-refractivity contribution in [3.63, 3.8) is 0 Å². The van der Waals surface area contributed by atoms with Crippen LogP contribution >= 0.6 is 0 Å². The third kappa shape index (κ3) is 7.32. The number of hydrogen-bond donors (Lipinski definition) is 2. The quantitative estimate of drug-likeness (QED) is 0.253. The number of carbonyl (C=O) groups is 2. The molecule has 0 fully saturated rings. The molecule has 2 amide bonds. The Balaban J connectivity index is 1.50. The van der Waals surface area contributed by atoms with Crippen molar-refractivity contribution in [2.75, 3.05) is 28.6 Å². The molecule has 0 atom stereocenters. The fourth-order valence-corrected chi connectivity index (χ4v) is 5.56. The van der Waals surface area contributed by atoms with Crippen LogP contribution in [-0.2, 0) is 20.2 Å². The number of nitrogens with zero attached hydrogens (tertiary/aromatic N) is 1. The molecular formula is C32H33N3O5S. The molecular weight excluding hydrogens is 538 g/mol. The van der Waals surface area contributed by atoms with Crippen molar-refractivity contribution in [2.24, 2.45) is 0 Å². The van der Waals surface area contributed by atoms with Gasteiger partial charge in [0.15, 0.2) is 0 Å². The van der Waals surface area contributed by atoms with E-state index in [2.05, 4.69) is 31.4 Å². The number of benzene rings is 4. The van der Waals surface area contributed by atoms with Crippen molar-refractivity contribution in [3.05, 3.63) is 114 Å². The van der Waals surface area contributed by atoms with Gasteiger partial charge in [0.2, 0.25) is 5.91 Å². The average Bonchev–Trinajstić information content (AvgIpc) is 2.96. The molecule has 4 aromatic carbocycles. The SMILES string of the molecule is COc1ccc(N(CC(=O)Nc2cccc(NC(=O)c3ccc(C(C)(C)C)cc3)c2)S(=O)(=O)c2ccccc2)cc1. The molecule has 9 heteroatoms. The second kappa shape index (κ2) is 12.3. The summed E-state index contributed by atoms with van der Waals surface area (Å²) >= 11 is 0. The highest BCUT2D eigenvalue weighted by atomic mass is 32.2. The molecule has 0 spiro atoms. The van der Waals surface area contributed by atoms with Gasteiger partial charge in [0.1, 0.15) is 12.3 Å². The number of amides is 2. The third-order valence-electron chi connectivity index (χ3n) is 6.40. The van der Waals surface area contributed by atoms with Crippen molar-refractivity contribution >= 4 is 38.9 Å². The molecule has 0 bridgehead atoms. The summed E-state index contributed by atoms with van der Waals surface area (Å²) in [4.78, 5) is 26.0. The van der Waals surface area contributed by atoms with Gasteiger partial charge < -0.3 is 15.4 Å². The van der Waals surface area contributed by atoms with Crippen LogP contribution in [0, 0.1) is 0 Å². The minimum Gasteiger partial charge on any atom is -0.497 e. The molecule has 0 saturated heterocycles. The van der Waals surface area contributed by atoms with Crippen LogP contribution in [0.15, 0.2) is 108 Å². The summed E-state index contributed by atoms with van der Waals surface area (Å²) in [6, 6.07) is 28.4. The summed E-state index contributed by atoms with van der Waals surface area (Å²) < 4.78 is 33.3. The molecule has 0 unspecified atom stereocenters. The van der Waals surface area contributed by atoms with Gasteiger partial charge >= 0.3 is 0 Å². The van der Waals surface area contributed by atoms with E-state index in [-0.39, 0.29) is 16.2 Å². The third-order valence-corrected chi connectivity index (χ3v) is 8.18. The summed E-state index contributed by atoms with van der Waals surface area (Å²) in [6.45, 7) is 5.85. The summed E-state index contributed by atoms with van der Waals surface area (Å²) in [5.74, 6) is -0.283. The monoisotopic (exact) mass is 571 g/mol. The molecule has 4 rings (SSSR count). The van der Waals surface area contributed by atoms with Crippen LogP contribution in [0.4, 0.5) is 17.1 Å². The van der Waals surface area contributed by atoms with Gasteiger partial charge in [-0.25, -0.2) is 8.42 Å². The minimum absolute atomic E-state index is 0.0229. The van der Waals surface area contributed by atoms with Gasteiger partial charge in [0, 0.05) is 16.9 Å². The molecule has 0 saturated carbocycles. The van der Waals surface area contributed by atoms with Crippen molar-refractivity contribution in [2.45, 2.75) is 31.1 Å². The van der Waals surface area contributed by atoms with E-state index in [1.165, 1.54) is 19.2 Å². The standard InChI is InChI=1S/C32H33N3O5S/c1-32(2,3)24-15-13-23(14-16-24)31(37)34-26-10-8-9-25(21-26)33-30(36)22-35(27-17-19-28(40-4)20-18-27)41(38,39)29-11-6-5-7-12-29/h5-21H,22H2,1-4H3,(H,33,36)(H,34,37). The van der Waals surface area contributed by atoms with Crippen LogP contribution in [0.5, 0.6) is 5.75 Å². The highest BCUT2D eigenvalue weighted by molar-refractivity contribution is 7.92. The Hall–Kier alpha value is -4.63. The first-order chi connectivity index (χ1) is 19.5. The summed E-state index contributed by atoms with van der Waals surface area (Å²) in [6.07, 6.45) is 0. The van der Waals surface area contributed by atoms with Gasteiger partial charge in [-0.3, -0.25) is 13.9 Å². The Morgan fingerprint density at radius 3 is 1.98 bits per heavy atom. The largest absolute Gasteiger partial charge is 0.497 e. The summed E-state index contributed by atoms with van der Waals surface area (Å²) in [5, 5.41) is 5.59. The molecule has 0 aromatic heterocycles. The van der Waals surface area contributed by atoms with E-state index >= 15 is 0 Å². The second-order valence-corrected chi connectivity index (χ2v) is 12.3. The van der Waals surface area contributed by atoms with Gasteiger partial charge in [-0.2, -0.15) is 0 Å². The molecule has 0 radical (unpaired) electrons. The maximum atomic E-state index is 13.5. The summed E-state index contributed by atoms with van der Waals surface area (Å²) in [7, 11) is -2.54. The molecule has 8 nitrogen and oxygen atoms in total. The Morgan fingerprint density at radius 2 is 1.39 bits per heavy atom. The maximum absolute atomic E-state index is 13.5. The number of rotatable bonds is 9. The highest BCUT2D eigenvalue weighted by Gasteiger charge is 2.27. The Bertz CT molecular complexity index is 1610. The van der Waals surface area contributed by atoms with Crippen molar-refractivity contribution < 1.29 is 22.7 Å². The Labute approximate surface area is 241 Å². The predicted molar refractivity (Wildman–Crippen MR) is 162 cm³/mol. The topological polar surface area (TPSA) is 105 Å². The van der Waals surface area contributed by atoms with Crippen LogP contribution in [-0.4, -0.2) is 33.9 Å². The second-order valence-electron chi connectivity index (χ2n) is 10.4. The van der Waals surface area contributed by atoms with Crippen LogP contribution in [0.1, 0.15) is 36.7 Å². The van der Waals surface area contributed by atoms with E-state index in [4.69, 9.17) is 4.74 Å². The van der Waals surface area contributed by atoms with E-state index in [1.54, 1.807) is 78.9 Å². The lowest BCUT2D eigenvalue weighted by atomic mass is 9.87. The first-order valence-corrected chi connectivity index (χ1v) is 14.4. The van der Waals surface area contributed by atoms with Crippen molar-refractivity contribution in [3.8, 4) is 5.75 Å². The van der Waals surface area contributed by atoms with Crippen LogP contribution in [0.25, 0.3) is 0 Å². The fourth-order valence-electron chi connectivity index (χ4n) is 4.11. The number of sulfonamides is 1. The molecule has 212 valence electrons. The fraction of sp³-hybridized carbons (Fsp3) is 0.188. The predicted octanol–water partition coefficient (Wildman–Crippen LogP) is 6.08. The number of methoxy groups -OCH3 is 1. The normalized spacial score (nSPS) is 11.4. The molecule has 2 N–H and O–H groups in total. The van der Waals surface area contributed by atoms with Crippen LogP contribution in [0.3, 0.4) is 0 Å². The van der Waals surface area contributed by atoms with Crippen LogP contribution in [0.2, 0.25) is 0 Å². The van der Waals surface area contributed by atoms with Crippen molar-refractivity contribution in [1.29, 1.82) is 0 Å². The zero-order chi connectivity index (χ0) is 29.6. The van der Waals surface area contributed by atoms with E-state index in [0.29, 0.717) is 28.4 Å². The van der Waals surface area contributed by atoms with Gasteiger partial charge in [0.25, 0.3) is 15.9 Å². The number of ether oxygens (including phenoxy) is 1. The number of nitrogens with one attached hydrogen (secondary N) is 2. The molecule has 4 aromatic rings. The van der Waals surface area contributed by atoms with Gasteiger partial charge in [-0.1, -0.05) is 57.2 Å². The van der Waals surface area contributed by atoms with E-state index in [9.17, 15) is 18.0 Å². The number of hydrogen-bond acceptors (Lipinski definition) is 5. The molecule has 0 aliphatic carbocycles. The van der Waals surface area contributed by atoms with Gasteiger partial charge in [0.05, 0.1) is 17.7 Å². The lowest BCUT2D eigenvalue weighted by Gasteiger charge is -2.24. The number of carbonyl (C=O) groups excluding carboxylic acids is 2. The molecule has 0 aliphatic rings. The maximum Gasteiger partial charge on any atom is 0.264 e. The minimum atomic E-state index is -4.05. The van der Waals surface area contributed by atoms with E-state index < -0.39 is 22.5 Å². The molecule has 0 heterocycles. The lowest BCUT2D eigenvalue weighted by Crippen LogP contribution is -2.38. The number of anilines is 3. The average molecular weight is 572 g/mol. The molecule has 41 heavy (non-hydrogen) atoms. The van der Waals surface area contributed by atoms with Crippen LogP contribution < -0.4 is 19.7 Å². The smallest absolute Gasteiger partial charge is 0.264 e. The first kappa shape index (κ1) is 29.4. The summed E-state index contributed by atoms with van der Waals surface area (Å²) in [5.41, 5.74) is 2.80. The molecule has 0 aliphatic heterocycles. The lowest BCUT2D eigenvalue weighted by molar-refractivity contribution is -0.114. The zero-order valence-electron chi connectivity index (χ0n) is 23.4. The van der Waals surface area contributed by atoms with Gasteiger partial charge in [-0.05, 0) is 77.7 Å².